The molecule has 0 aliphatic carbocycles. The number of carbonyl (C=O) groups is 1. The van der Waals surface area contributed by atoms with Gasteiger partial charge in [-0.05, 0) is 19.1 Å². The van der Waals surface area contributed by atoms with Crippen molar-refractivity contribution in [1.82, 2.24) is 19.7 Å². The molecule has 1 aliphatic heterocycles. The molecular weight excluding hydrogens is 448 g/mol. The highest BCUT2D eigenvalue weighted by Gasteiger charge is 2.23. The van der Waals surface area contributed by atoms with Crippen LogP contribution in [-0.4, -0.2) is 42.1 Å². The van der Waals surface area contributed by atoms with Crippen molar-refractivity contribution in [3.63, 3.8) is 0 Å². The van der Waals surface area contributed by atoms with Gasteiger partial charge in [-0.15, -0.1) is 22.0 Å². The summed E-state index contributed by atoms with van der Waals surface area (Å²) in [4.78, 5) is 41.0. The van der Waals surface area contributed by atoms with Crippen LogP contribution < -0.4 is 10.9 Å². The molecular formula is C17H14N6O4S3. The number of thioether (sulfide) groups is 2. The molecule has 0 saturated heterocycles. The zero-order valence-corrected chi connectivity index (χ0v) is 18.0. The van der Waals surface area contributed by atoms with Gasteiger partial charge in [-0.25, -0.2) is 4.98 Å². The normalized spacial score (nSPS) is 12.6. The zero-order valence-electron chi connectivity index (χ0n) is 15.5. The molecule has 3 heterocycles. The maximum Gasteiger partial charge on any atom is 0.272 e. The van der Waals surface area contributed by atoms with Crippen molar-refractivity contribution in [2.75, 3.05) is 16.8 Å². The number of anilines is 1. The van der Waals surface area contributed by atoms with E-state index in [-0.39, 0.29) is 22.9 Å². The van der Waals surface area contributed by atoms with E-state index in [1.54, 1.807) is 6.92 Å². The number of aromatic nitrogens is 4. The molecule has 13 heteroatoms. The molecule has 4 rings (SSSR count). The van der Waals surface area contributed by atoms with Crippen molar-refractivity contribution in [1.29, 1.82) is 0 Å². The van der Waals surface area contributed by atoms with Crippen LogP contribution >= 0.6 is 34.9 Å². The molecule has 30 heavy (non-hydrogen) atoms. The van der Waals surface area contributed by atoms with Crippen LogP contribution in [0.15, 0.2) is 39.1 Å². The fourth-order valence-electron chi connectivity index (χ4n) is 2.77. The van der Waals surface area contributed by atoms with E-state index in [0.29, 0.717) is 33.0 Å². The summed E-state index contributed by atoms with van der Waals surface area (Å²) in [6.07, 6.45) is 0.681. The monoisotopic (exact) mass is 462 g/mol. The Bertz CT molecular complexity index is 1190. The molecule has 0 radical (unpaired) electrons. The summed E-state index contributed by atoms with van der Waals surface area (Å²) in [5, 5.41) is 22.8. The lowest BCUT2D eigenvalue weighted by Crippen LogP contribution is -2.24. The van der Waals surface area contributed by atoms with Gasteiger partial charge in [0.2, 0.25) is 11.0 Å². The number of benzene rings is 1. The van der Waals surface area contributed by atoms with E-state index in [1.807, 2.05) is 0 Å². The van der Waals surface area contributed by atoms with Crippen LogP contribution in [0, 0.1) is 17.0 Å². The second kappa shape index (κ2) is 8.53. The second-order valence-corrected chi connectivity index (χ2v) is 9.38. The van der Waals surface area contributed by atoms with Crippen molar-refractivity contribution in [3.8, 4) is 5.69 Å². The van der Waals surface area contributed by atoms with E-state index in [0.717, 1.165) is 22.5 Å². The van der Waals surface area contributed by atoms with Crippen LogP contribution in [0.3, 0.4) is 0 Å². The maximum absolute atomic E-state index is 13.1. The van der Waals surface area contributed by atoms with E-state index in [4.69, 9.17) is 0 Å². The number of non-ortho nitro benzene ring substituents is 1. The third kappa shape index (κ3) is 4.22. The maximum atomic E-state index is 13.1. The number of amides is 1. The predicted molar refractivity (Wildman–Crippen MR) is 115 cm³/mol. The van der Waals surface area contributed by atoms with Gasteiger partial charge in [-0.3, -0.25) is 29.6 Å². The largest absolute Gasteiger partial charge is 0.300 e. The third-order valence-electron chi connectivity index (χ3n) is 4.09. The average Bonchev–Trinajstić information content (AvgIpc) is 3.35. The number of hydrogen-bond acceptors (Lipinski definition) is 10. The summed E-state index contributed by atoms with van der Waals surface area (Å²) >= 11 is 3.83. The lowest BCUT2D eigenvalue weighted by molar-refractivity contribution is -0.384. The molecule has 1 amide bonds. The van der Waals surface area contributed by atoms with Gasteiger partial charge in [-0.1, -0.05) is 23.1 Å². The molecule has 10 nitrogen and oxygen atoms in total. The van der Waals surface area contributed by atoms with Crippen LogP contribution in [0.25, 0.3) is 5.69 Å². The Labute approximate surface area is 182 Å². The minimum Gasteiger partial charge on any atom is -0.300 e. The minimum atomic E-state index is -0.501. The molecule has 0 bridgehead atoms. The molecule has 3 aromatic rings. The number of nitro benzene ring substituents is 1. The van der Waals surface area contributed by atoms with E-state index in [1.165, 1.54) is 51.9 Å². The van der Waals surface area contributed by atoms with Gasteiger partial charge in [0.1, 0.15) is 5.01 Å². The fraction of sp³-hybridized carbons (Fsp3) is 0.235. The first-order valence-corrected chi connectivity index (χ1v) is 11.5. The Kier molecular flexibility index (Phi) is 5.83. The Morgan fingerprint density at radius 2 is 2.10 bits per heavy atom. The van der Waals surface area contributed by atoms with Crippen molar-refractivity contribution < 1.29 is 9.72 Å². The topological polar surface area (TPSA) is 133 Å². The van der Waals surface area contributed by atoms with Gasteiger partial charge in [0, 0.05) is 24.3 Å². The summed E-state index contributed by atoms with van der Waals surface area (Å²) in [6.45, 7) is 1.79. The second-order valence-electron chi connectivity index (χ2n) is 6.15. The van der Waals surface area contributed by atoms with Crippen molar-refractivity contribution in [2.45, 2.75) is 23.4 Å². The number of hydrogen-bond donors (Lipinski definition) is 1. The summed E-state index contributed by atoms with van der Waals surface area (Å²) in [5.74, 6) is 0.489. The van der Waals surface area contributed by atoms with Crippen LogP contribution in [-0.2, 0) is 11.2 Å². The van der Waals surface area contributed by atoms with E-state index in [9.17, 15) is 19.7 Å². The van der Waals surface area contributed by atoms with Crippen molar-refractivity contribution in [2.24, 2.45) is 0 Å². The third-order valence-corrected chi connectivity index (χ3v) is 6.89. The SMILES string of the molecule is Cc1nnc(NC(=O)CSc2nc3c(c(=O)n2-c2ccc([N+](=O)[O-])cc2)SCC3)s1. The zero-order chi connectivity index (χ0) is 21.3. The Morgan fingerprint density at radius 3 is 2.77 bits per heavy atom. The number of fused-ring (bicyclic) bond motifs is 1. The van der Waals surface area contributed by atoms with Gasteiger partial charge in [0.25, 0.3) is 11.2 Å². The van der Waals surface area contributed by atoms with E-state index >= 15 is 0 Å². The first kappa shape index (κ1) is 20.5. The van der Waals surface area contributed by atoms with Crippen molar-refractivity contribution >= 4 is 51.6 Å². The van der Waals surface area contributed by atoms with Crippen molar-refractivity contribution in [3.05, 3.63) is 55.4 Å². The van der Waals surface area contributed by atoms with Crippen LogP contribution in [0.2, 0.25) is 0 Å². The fourth-order valence-corrected chi connectivity index (χ4v) is 5.23. The lowest BCUT2D eigenvalue weighted by atomic mass is 10.2. The molecule has 2 aromatic heterocycles. The molecule has 0 atom stereocenters. The standard InChI is InChI=1S/C17H14N6O4S3/c1-9-20-21-16(30-9)19-13(24)8-29-17-18-12-6-7-28-14(12)15(25)22(17)10-2-4-11(5-3-10)23(26)27/h2-5H,6-8H2,1H3,(H,19,21,24). The number of rotatable bonds is 6. The Balaban J connectivity index is 1.63. The quantitative estimate of drug-likeness (QED) is 0.254. The summed E-state index contributed by atoms with van der Waals surface area (Å²) < 4.78 is 1.40. The number of nitrogens with one attached hydrogen (secondary N) is 1. The van der Waals surface area contributed by atoms with Gasteiger partial charge in [-0.2, -0.15) is 0 Å². The number of aryl methyl sites for hydroxylation is 2. The molecule has 1 aromatic carbocycles. The molecule has 1 N–H and O–H groups in total. The van der Waals surface area contributed by atoms with Gasteiger partial charge >= 0.3 is 0 Å². The summed E-state index contributed by atoms with van der Waals surface area (Å²) in [6, 6.07) is 5.67. The molecule has 0 spiro atoms. The van der Waals surface area contributed by atoms with Gasteiger partial charge in [0.05, 0.1) is 27.0 Å². The predicted octanol–water partition coefficient (Wildman–Crippen LogP) is 2.68. The lowest BCUT2D eigenvalue weighted by Gasteiger charge is -2.13. The first-order valence-electron chi connectivity index (χ1n) is 8.68. The Hall–Kier alpha value is -2.77. The average molecular weight is 463 g/mol. The van der Waals surface area contributed by atoms with Crippen LogP contribution in [0.4, 0.5) is 10.8 Å². The number of carbonyl (C=O) groups excluding carboxylic acids is 1. The van der Waals surface area contributed by atoms with Crippen LogP contribution in [0.5, 0.6) is 0 Å². The number of nitrogens with zero attached hydrogens (tertiary/aromatic N) is 5. The molecule has 154 valence electrons. The summed E-state index contributed by atoms with van der Waals surface area (Å²) in [7, 11) is 0. The van der Waals surface area contributed by atoms with E-state index < -0.39 is 4.92 Å². The first-order chi connectivity index (χ1) is 14.4. The smallest absolute Gasteiger partial charge is 0.272 e. The highest BCUT2D eigenvalue weighted by molar-refractivity contribution is 8.00. The molecule has 0 fully saturated rings. The molecule has 0 unspecified atom stereocenters. The minimum absolute atomic E-state index is 0.0178. The molecule has 0 saturated carbocycles. The number of nitro groups is 1. The van der Waals surface area contributed by atoms with Crippen LogP contribution in [0.1, 0.15) is 10.7 Å². The van der Waals surface area contributed by atoms with E-state index in [2.05, 4.69) is 20.5 Å². The highest BCUT2D eigenvalue weighted by Crippen LogP contribution is 2.30. The van der Waals surface area contributed by atoms with Gasteiger partial charge in [0.15, 0.2) is 5.16 Å². The molecule has 1 aliphatic rings. The summed E-state index contributed by atoms with van der Waals surface area (Å²) in [5.41, 5.74) is 0.858. The Morgan fingerprint density at radius 1 is 1.33 bits per heavy atom. The van der Waals surface area contributed by atoms with Gasteiger partial charge < -0.3 is 0 Å². The highest BCUT2D eigenvalue weighted by atomic mass is 32.2.